The number of aromatic nitrogens is 2. The van der Waals surface area contributed by atoms with E-state index in [1.54, 1.807) is 30.0 Å². The molecule has 106 valence electrons. The van der Waals surface area contributed by atoms with Gasteiger partial charge in [-0.3, -0.25) is 4.68 Å². The van der Waals surface area contributed by atoms with Crippen molar-refractivity contribution in [3.63, 3.8) is 0 Å². The first-order chi connectivity index (χ1) is 10.2. The summed E-state index contributed by atoms with van der Waals surface area (Å²) in [5.41, 5.74) is 1.99. The topological polar surface area (TPSA) is 64.3 Å². The largest absolute Gasteiger partial charge is 0.497 e. The smallest absolute Gasteiger partial charge is 0.335 e. The van der Waals surface area contributed by atoms with Gasteiger partial charge in [-0.2, -0.15) is 5.10 Å². The van der Waals surface area contributed by atoms with Crippen LogP contribution in [0, 0.1) is 0 Å². The normalized spacial score (nSPS) is 10.7. The molecule has 0 bridgehead atoms. The van der Waals surface area contributed by atoms with Gasteiger partial charge in [0.05, 0.1) is 24.7 Å². The van der Waals surface area contributed by atoms with Gasteiger partial charge >= 0.3 is 5.97 Å². The number of rotatable bonds is 4. The number of benzene rings is 2. The van der Waals surface area contributed by atoms with Crippen molar-refractivity contribution in [1.82, 2.24) is 9.78 Å². The molecule has 0 aliphatic carbocycles. The van der Waals surface area contributed by atoms with E-state index in [0.29, 0.717) is 12.1 Å². The van der Waals surface area contributed by atoms with E-state index in [4.69, 9.17) is 9.84 Å². The Balaban J connectivity index is 1.92. The van der Waals surface area contributed by atoms with E-state index in [9.17, 15) is 4.79 Å². The highest BCUT2D eigenvalue weighted by molar-refractivity contribution is 5.92. The first-order valence-electron chi connectivity index (χ1n) is 6.49. The molecule has 0 spiro atoms. The van der Waals surface area contributed by atoms with Crippen molar-refractivity contribution in [3.05, 3.63) is 59.8 Å². The van der Waals surface area contributed by atoms with E-state index >= 15 is 0 Å². The summed E-state index contributed by atoms with van der Waals surface area (Å²) in [5, 5.41) is 14.3. The lowest BCUT2D eigenvalue weighted by Crippen LogP contribution is -2.00. The van der Waals surface area contributed by atoms with Crippen molar-refractivity contribution in [2.45, 2.75) is 6.54 Å². The minimum atomic E-state index is -0.945. The molecule has 2 aromatic carbocycles. The maximum atomic E-state index is 11.0. The van der Waals surface area contributed by atoms with Crippen LogP contribution in [0.4, 0.5) is 0 Å². The number of fused-ring (bicyclic) bond motifs is 1. The fraction of sp³-hybridized carbons (Fsp3) is 0.125. The molecule has 1 N–H and O–H groups in total. The summed E-state index contributed by atoms with van der Waals surface area (Å²) in [6.45, 7) is 0.605. The molecule has 0 amide bonds. The van der Waals surface area contributed by atoms with Gasteiger partial charge in [0.2, 0.25) is 0 Å². The fourth-order valence-corrected chi connectivity index (χ4v) is 2.24. The Kier molecular flexibility index (Phi) is 3.31. The maximum absolute atomic E-state index is 11.0. The van der Waals surface area contributed by atoms with Gasteiger partial charge in [0.25, 0.3) is 0 Å². The molecule has 0 radical (unpaired) electrons. The Morgan fingerprint density at radius 3 is 2.90 bits per heavy atom. The third-order valence-corrected chi connectivity index (χ3v) is 3.28. The molecule has 3 aromatic rings. The highest BCUT2D eigenvalue weighted by Crippen LogP contribution is 2.17. The monoisotopic (exact) mass is 282 g/mol. The van der Waals surface area contributed by atoms with E-state index in [1.807, 2.05) is 30.5 Å². The molecule has 0 saturated heterocycles. The Morgan fingerprint density at radius 2 is 2.14 bits per heavy atom. The number of carboxylic acid groups (broad SMARTS) is 1. The maximum Gasteiger partial charge on any atom is 0.335 e. The molecule has 0 unspecified atom stereocenters. The van der Waals surface area contributed by atoms with Crippen molar-refractivity contribution < 1.29 is 14.6 Å². The number of nitrogens with zero attached hydrogens (tertiary/aromatic N) is 2. The van der Waals surface area contributed by atoms with E-state index < -0.39 is 5.97 Å². The van der Waals surface area contributed by atoms with Crippen LogP contribution < -0.4 is 4.74 Å². The minimum absolute atomic E-state index is 0.245. The highest BCUT2D eigenvalue weighted by atomic mass is 16.5. The zero-order chi connectivity index (χ0) is 14.8. The summed E-state index contributed by atoms with van der Waals surface area (Å²) < 4.78 is 7.00. The SMILES string of the molecule is COc1cccc(Cn2cc3ccc(C(=O)O)cc3n2)c1. The summed E-state index contributed by atoms with van der Waals surface area (Å²) in [4.78, 5) is 11.0. The molecule has 1 heterocycles. The lowest BCUT2D eigenvalue weighted by molar-refractivity contribution is 0.0697. The number of hydrogen-bond acceptors (Lipinski definition) is 3. The summed E-state index contributed by atoms with van der Waals surface area (Å²) in [6, 6.07) is 12.7. The Hall–Kier alpha value is -2.82. The van der Waals surface area contributed by atoms with Crippen molar-refractivity contribution in [2.75, 3.05) is 7.11 Å². The van der Waals surface area contributed by atoms with Gasteiger partial charge in [-0.1, -0.05) is 18.2 Å². The molecule has 0 aliphatic rings. The quantitative estimate of drug-likeness (QED) is 0.799. The molecule has 0 fully saturated rings. The average molecular weight is 282 g/mol. The third kappa shape index (κ3) is 2.72. The van der Waals surface area contributed by atoms with E-state index in [0.717, 1.165) is 16.7 Å². The van der Waals surface area contributed by atoms with Gasteiger partial charge in [-0.05, 0) is 29.8 Å². The van der Waals surface area contributed by atoms with Crippen LogP contribution in [-0.2, 0) is 6.54 Å². The van der Waals surface area contributed by atoms with Crippen LogP contribution in [0.2, 0.25) is 0 Å². The number of carbonyl (C=O) groups is 1. The van der Waals surface area contributed by atoms with Crippen LogP contribution in [0.3, 0.4) is 0 Å². The minimum Gasteiger partial charge on any atom is -0.497 e. The van der Waals surface area contributed by atoms with Crippen LogP contribution in [0.5, 0.6) is 5.75 Å². The predicted octanol–water partition coefficient (Wildman–Crippen LogP) is 2.79. The molecular formula is C16H14N2O3. The van der Waals surface area contributed by atoms with Crippen molar-refractivity contribution in [1.29, 1.82) is 0 Å². The first kappa shape index (κ1) is 13.2. The lowest BCUT2D eigenvalue weighted by Gasteiger charge is -2.04. The zero-order valence-corrected chi connectivity index (χ0v) is 11.5. The Bertz CT molecular complexity index is 808. The van der Waals surface area contributed by atoms with Gasteiger partial charge in [-0.25, -0.2) is 4.79 Å². The van der Waals surface area contributed by atoms with Crippen LogP contribution in [-0.4, -0.2) is 28.0 Å². The summed E-state index contributed by atoms with van der Waals surface area (Å²) in [7, 11) is 1.63. The number of aromatic carboxylic acids is 1. The molecule has 0 atom stereocenters. The molecule has 21 heavy (non-hydrogen) atoms. The van der Waals surface area contributed by atoms with Gasteiger partial charge in [-0.15, -0.1) is 0 Å². The summed E-state index contributed by atoms with van der Waals surface area (Å²) >= 11 is 0. The second-order valence-electron chi connectivity index (χ2n) is 4.76. The lowest BCUT2D eigenvalue weighted by atomic mass is 10.2. The summed E-state index contributed by atoms with van der Waals surface area (Å²) in [5.74, 6) is -0.142. The number of ether oxygens (including phenoxy) is 1. The van der Waals surface area contributed by atoms with Crippen LogP contribution >= 0.6 is 0 Å². The zero-order valence-electron chi connectivity index (χ0n) is 11.5. The van der Waals surface area contributed by atoms with E-state index in [1.165, 1.54) is 0 Å². The first-order valence-corrected chi connectivity index (χ1v) is 6.49. The van der Waals surface area contributed by atoms with Gasteiger partial charge in [0.1, 0.15) is 5.75 Å². The summed E-state index contributed by atoms with van der Waals surface area (Å²) in [6.07, 6.45) is 1.90. The predicted molar refractivity (Wildman–Crippen MR) is 78.8 cm³/mol. The molecule has 5 nitrogen and oxygen atoms in total. The van der Waals surface area contributed by atoms with Crippen LogP contribution in [0.15, 0.2) is 48.7 Å². The van der Waals surface area contributed by atoms with E-state index in [2.05, 4.69) is 5.10 Å². The second kappa shape index (κ2) is 5.28. The second-order valence-corrected chi connectivity index (χ2v) is 4.76. The number of carboxylic acids is 1. The Labute approximate surface area is 121 Å². The van der Waals surface area contributed by atoms with Crippen molar-refractivity contribution >= 4 is 16.9 Å². The highest BCUT2D eigenvalue weighted by Gasteiger charge is 2.07. The van der Waals surface area contributed by atoms with Gasteiger partial charge in [0.15, 0.2) is 0 Å². The molecule has 0 aliphatic heterocycles. The van der Waals surface area contributed by atoms with Crippen molar-refractivity contribution in [2.24, 2.45) is 0 Å². The standard InChI is InChI=1S/C16H14N2O3/c1-21-14-4-2-3-11(7-14)9-18-10-13-6-5-12(16(19)20)8-15(13)17-18/h2-8,10H,9H2,1H3,(H,19,20). The fourth-order valence-electron chi connectivity index (χ4n) is 2.24. The third-order valence-electron chi connectivity index (χ3n) is 3.28. The molecule has 0 saturated carbocycles. The van der Waals surface area contributed by atoms with Crippen molar-refractivity contribution in [3.8, 4) is 5.75 Å². The van der Waals surface area contributed by atoms with Crippen LogP contribution in [0.1, 0.15) is 15.9 Å². The molecular weight excluding hydrogens is 268 g/mol. The Morgan fingerprint density at radius 1 is 1.29 bits per heavy atom. The number of methoxy groups -OCH3 is 1. The van der Waals surface area contributed by atoms with Crippen LogP contribution in [0.25, 0.3) is 10.9 Å². The van der Waals surface area contributed by atoms with Gasteiger partial charge in [0, 0.05) is 11.6 Å². The molecule has 1 aromatic heterocycles. The molecule has 5 heteroatoms. The van der Waals surface area contributed by atoms with Gasteiger partial charge < -0.3 is 9.84 Å². The average Bonchev–Trinajstić information content (AvgIpc) is 2.88. The number of hydrogen-bond donors (Lipinski definition) is 1. The van der Waals surface area contributed by atoms with E-state index in [-0.39, 0.29) is 5.56 Å². The molecule has 3 rings (SSSR count).